The van der Waals surface area contributed by atoms with Gasteiger partial charge in [0.1, 0.15) is 17.2 Å². The van der Waals surface area contributed by atoms with Crippen LogP contribution in [0.2, 0.25) is 0 Å². The van der Waals surface area contributed by atoms with Gasteiger partial charge in [-0.2, -0.15) is 0 Å². The van der Waals surface area contributed by atoms with Gasteiger partial charge in [0.2, 0.25) is 5.91 Å². The van der Waals surface area contributed by atoms with Crippen LogP contribution in [0.3, 0.4) is 0 Å². The summed E-state index contributed by atoms with van der Waals surface area (Å²) in [5.74, 6) is -0.334. The van der Waals surface area contributed by atoms with E-state index in [1.807, 2.05) is 0 Å². The van der Waals surface area contributed by atoms with E-state index in [2.05, 4.69) is 10.7 Å². The molecule has 0 bridgehead atoms. The number of nitrogens with one attached hydrogen (secondary N) is 2. The summed E-state index contributed by atoms with van der Waals surface area (Å²) in [7, 11) is 1.57. The second-order valence-corrected chi connectivity index (χ2v) is 6.50. The summed E-state index contributed by atoms with van der Waals surface area (Å²) in [5.41, 5.74) is 4.31. The Morgan fingerprint density at radius 3 is 2.26 bits per heavy atom. The first-order chi connectivity index (χ1) is 12.9. The number of benzene rings is 2. The standard InChI is InChI=1S/C19H18ClN3O4/c1-11(24)21-14-7-3-13(4-8-14)18(25)22-23-17(16(20)19(23)26)12-5-9-15(27-2)10-6-12/h3-10,16-17H,1-2H3,(H,21,24)(H,22,25)/t16-,17+/m0/s1. The lowest BCUT2D eigenvalue weighted by Crippen LogP contribution is -2.63. The molecule has 0 spiro atoms. The van der Waals surface area contributed by atoms with E-state index in [0.29, 0.717) is 17.0 Å². The van der Waals surface area contributed by atoms with E-state index in [1.54, 1.807) is 55.6 Å². The largest absolute Gasteiger partial charge is 0.497 e. The van der Waals surface area contributed by atoms with E-state index in [1.165, 1.54) is 11.9 Å². The Hall–Kier alpha value is -3.06. The minimum atomic E-state index is -0.749. The summed E-state index contributed by atoms with van der Waals surface area (Å²) in [4.78, 5) is 35.6. The average Bonchev–Trinajstić information content (AvgIpc) is 2.67. The van der Waals surface area contributed by atoms with Crippen LogP contribution < -0.4 is 15.5 Å². The fourth-order valence-electron chi connectivity index (χ4n) is 2.78. The summed E-state index contributed by atoms with van der Waals surface area (Å²) in [6.07, 6.45) is 0. The topological polar surface area (TPSA) is 87.7 Å². The molecule has 2 aromatic rings. The summed E-state index contributed by atoms with van der Waals surface area (Å²) >= 11 is 6.15. The maximum absolute atomic E-state index is 12.5. The quantitative estimate of drug-likeness (QED) is 0.609. The molecule has 1 aliphatic rings. The molecule has 2 aromatic carbocycles. The maximum Gasteiger partial charge on any atom is 0.269 e. The Bertz CT molecular complexity index is 868. The predicted molar refractivity (Wildman–Crippen MR) is 100 cm³/mol. The van der Waals surface area contributed by atoms with Crippen LogP contribution >= 0.6 is 11.6 Å². The van der Waals surface area contributed by atoms with Crippen LogP contribution in [0.25, 0.3) is 0 Å². The number of β-lactam (4-membered cyclic amide) rings is 1. The summed E-state index contributed by atoms with van der Waals surface area (Å²) in [5, 5.41) is 3.10. The number of amides is 3. The molecule has 1 fully saturated rings. The fourth-order valence-corrected chi connectivity index (χ4v) is 3.14. The number of rotatable bonds is 5. The maximum atomic E-state index is 12.5. The third-order valence-corrected chi connectivity index (χ3v) is 4.60. The zero-order valence-corrected chi connectivity index (χ0v) is 15.5. The number of methoxy groups -OCH3 is 1. The number of hydrogen-bond donors (Lipinski definition) is 2. The molecule has 8 heteroatoms. The number of hydrogen-bond acceptors (Lipinski definition) is 4. The zero-order valence-electron chi connectivity index (χ0n) is 14.7. The molecule has 0 unspecified atom stereocenters. The third kappa shape index (κ3) is 3.88. The molecule has 0 aromatic heterocycles. The van der Waals surface area contributed by atoms with Crippen LogP contribution in [-0.4, -0.2) is 35.2 Å². The van der Waals surface area contributed by atoms with Crippen molar-refractivity contribution in [2.45, 2.75) is 18.3 Å². The Balaban J connectivity index is 1.71. The Morgan fingerprint density at radius 1 is 1.07 bits per heavy atom. The van der Waals surface area contributed by atoms with Gasteiger partial charge in [-0.3, -0.25) is 19.8 Å². The molecular formula is C19H18ClN3O4. The molecular weight excluding hydrogens is 370 g/mol. The van der Waals surface area contributed by atoms with Crippen LogP contribution in [0.4, 0.5) is 5.69 Å². The van der Waals surface area contributed by atoms with Gasteiger partial charge < -0.3 is 10.1 Å². The lowest BCUT2D eigenvalue weighted by Gasteiger charge is -2.43. The van der Waals surface area contributed by atoms with E-state index in [0.717, 1.165) is 5.56 Å². The van der Waals surface area contributed by atoms with Crippen molar-refractivity contribution in [2.24, 2.45) is 0 Å². The van der Waals surface area contributed by atoms with Gasteiger partial charge in [0.05, 0.1) is 7.11 Å². The first-order valence-corrected chi connectivity index (χ1v) is 8.64. The molecule has 7 nitrogen and oxygen atoms in total. The predicted octanol–water partition coefficient (Wildman–Crippen LogP) is 2.49. The number of carbonyl (C=O) groups excluding carboxylic acids is 3. The molecule has 2 N–H and O–H groups in total. The van der Waals surface area contributed by atoms with Crippen LogP contribution in [0, 0.1) is 0 Å². The van der Waals surface area contributed by atoms with Gasteiger partial charge in [-0.15, -0.1) is 11.6 Å². The highest BCUT2D eigenvalue weighted by atomic mass is 35.5. The van der Waals surface area contributed by atoms with Crippen molar-refractivity contribution < 1.29 is 19.1 Å². The number of halogens is 1. The first kappa shape index (κ1) is 18.7. The molecule has 0 radical (unpaired) electrons. The molecule has 1 aliphatic heterocycles. The lowest BCUT2D eigenvalue weighted by molar-refractivity contribution is -0.149. The number of nitrogens with zero attached hydrogens (tertiary/aromatic N) is 1. The van der Waals surface area contributed by atoms with Crippen molar-refractivity contribution in [3.05, 3.63) is 59.7 Å². The van der Waals surface area contributed by atoms with Crippen LogP contribution in [0.15, 0.2) is 48.5 Å². The van der Waals surface area contributed by atoms with E-state index < -0.39 is 17.3 Å². The SMILES string of the molecule is COc1ccc([C@@H]2[C@H](Cl)C(=O)N2NC(=O)c2ccc(NC(C)=O)cc2)cc1. The number of ether oxygens (including phenoxy) is 1. The first-order valence-electron chi connectivity index (χ1n) is 8.20. The minimum Gasteiger partial charge on any atom is -0.497 e. The van der Waals surface area contributed by atoms with E-state index >= 15 is 0 Å². The zero-order chi connectivity index (χ0) is 19.6. The Morgan fingerprint density at radius 2 is 1.70 bits per heavy atom. The van der Waals surface area contributed by atoms with Gasteiger partial charge in [-0.25, -0.2) is 5.01 Å². The van der Waals surface area contributed by atoms with Crippen molar-refractivity contribution in [3.63, 3.8) is 0 Å². The molecule has 0 aliphatic carbocycles. The molecule has 3 amide bonds. The molecule has 1 saturated heterocycles. The van der Waals surface area contributed by atoms with E-state index in [9.17, 15) is 14.4 Å². The number of hydrazine groups is 1. The monoisotopic (exact) mass is 387 g/mol. The highest BCUT2D eigenvalue weighted by Gasteiger charge is 2.48. The summed E-state index contributed by atoms with van der Waals surface area (Å²) < 4.78 is 5.12. The lowest BCUT2D eigenvalue weighted by atomic mass is 9.95. The third-order valence-electron chi connectivity index (χ3n) is 4.18. The van der Waals surface area contributed by atoms with Crippen molar-refractivity contribution in [1.82, 2.24) is 10.4 Å². The molecule has 3 rings (SSSR count). The second-order valence-electron chi connectivity index (χ2n) is 6.03. The summed E-state index contributed by atoms with van der Waals surface area (Å²) in [6, 6.07) is 13.0. The van der Waals surface area contributed by atoms with Crippen LogP contribution in [0.5, 0.6) is 5.75 Å². The van der Waals surface area contributed by atoms with Crippen molar-refractivity contribution in [3.8, 4) is 5.75 Å². The normalized spacial score (nSPS) is 18.5. The molecule has 27 heavy (non-hydrogen) atoms. The Kier molecular flexibility index (Phi) is 5.32. The molecule has 0 saturated carbocycles. The Labute approximate surface area is 161 Å². The highest BCUT2D eigenvalue weighted by molar-refractivity contribution is 6.33. The van der Waals surface area contributed by atoms with Crippen molar-refractivity contribution >= 4 is 35.0 Å². The highest BCUT2D eigenvalue weighted by Crippen LogP contribution is 2.37. The smallest absolute Gasteiger partial charge is 0.269 e. The fraction of sp³-hybridized carbons (Fsp3) is 0.211. The van der Waals surface area contributed by atoms with Crippen LogP contribution in [0.1, 0.15) is 28.9 Å². The van der Waals surface area contributed by atoms with Crippen molar-refractivity contribution in [2.75, 3.05) is 12.4 Å². The van der Waals surface area contributed by atoms with Gasteiger partial charge in [-0.1, -0.05) is 12.1 Å². The van der Waals surface area contributed by atoms with Crippen molar-refractivity contribution in [1.29, 1.82) is 0 Å². The van der Waals surface area contributed by atoms with E-state index in [4.69, 9.17) is 16.3 Å². The van der Waals surface area contributed by atoms with Gasteiger partial charge in [-0.05, 0) is 42.0 Å². The molecule has 1 heterocycles. The number of anilines is 1. The van der Waals surface area contributed by atoms with Gasteiger partial charge >= 0.3 is 0 Å². The molecule has 2 atom stereocenters. The van der Waals surface area contributed by atoms with Crippen LogP contribution in [-0.2, 0) is 9.59 Å². The number of alkyl halides is 1. The van der Waals surface area contributed by atoms with Gasteiger partial charge in [0.15, 0.2) is 0 Å². The van der Waals surface area contributed by atoms with Gasteiger partial charge in [0, 0.05) is 18.2 Å². The minimum absolute atomic E-state index is 0.200. The number of carbonyl (C=O) groups is 3. The van der Waals surface area contributed by atoms with E-state index in [-0.39, 0.29) is 11.8 Å². The summed E-state index contributed by atoms with van der Waals surface area (Å²) in [6.45, 7) is 1.40. The molecule has 140 valence electrons. The average molecular weight is 388 g/mol. The van der Waals surface area contributed by atoms with Gasteiger partial charge in [0.25, 0.3) is 11.8 Å². The second kappa shape index (κ2) is 7.67.